The molecule has 5 saturated carbocycles. The van der Waals surface area contributed by atoms with Crippen LogP contribution < -0.4 is 0 Å². The van der Waals surface area contributed by atoms with Crippen molar-refractivity contribution in [1.82, 2.24) is 0 Å². The number of Topliss-reactive ketones (excluding diaryl/α,β-unsaturated/α-hetero) is 1. The van der Waals surface area contributed by atoms with Crippen LogP contribution in [-0.4, -0.2) is 17.0 Å². The molecule has 0 amide bonds. The number of carbonyl (C=O) groups excluding carboxylic acids is 1. The van der Waals surface area contributed by atoms with Gasteiger partial charge < -0.3 is 5.11 Å². The minimum atomic E-state index is -0.643. The second-order valence-electron chi connectivity index (χ2n) is 14.6. The van der Waals surface area contributed by atoms with Gasteiger partial charge in [0, 0.05) is 17.3 Å². The molecule has 0 aliphatic heterocycles. The van der Waals surface area contributed by atoms with Crippen LogP contribution in [0.15, 0.2) is 12.2 Å². The lowest BCUT2D eigenvalue weighted by Crippen LogP contribution is -2.66. The van der Waals surface area contributed by atoms with Crippen LogP contribution in [0.5, 0.6) is 0 Å². The molecule has 1 N–H and O–H groups in total. The summed E-state index contributed by atoms with van der Waals surface area (Å²) in [7, 11) is 0. The highest BCUT2D eigenvalue weighted by atomic mass is 16.3. The van der Waals surface area contributed by atoms with E-state index in [4.69, 9.17) is 6.42 Å². The van der Waals surface area contributed by atoms with Crippen LogP contribution in [0.25, 0.3) is 0 Å². The van der Waals surface area contributed by atoms with Crippen molar-refractivity contribution in [2.75, 3.05) is 0 Å². The zero-order valence-corrected chi connectivity index (χ0v) is 22.7. The average molecular weight is 465 g/mol. The van der Waals surface area contributed by atoms with E-state index in [-0.39, 0.29) is 27.1 Å². The number of carbonyl (C=O) groups is 1. The van der Waals surface area contributed by atoms with Crippen LogP contribution in [0, 0.1) is 69.0 Å². The van der Waals surface area contributed by atoms with E-state index in [0.29, 0.717) is 35.4 Å². The zero-order chi connectivity index (χ0) is 24.9. The van der Waals surface area contributed by atoms with Gasteiger partial charge in [0.05, 0.1) is 0 Å². The molecule has 0 spiro atoms. The van der Waals surface area contributed by atoms with Gasteiger partial charge in [-0.05, 0) is 111 Å². The summed E-state index contributed by atoms with van der Waals surface area (Å²) in [6, 6.07) is 0. The van der Waals surface area contributed by atoms with E-state index >= 15 is 0 Å². The number of aliphatic hydroxyl groups is 1. The predicted octanol–water partition coefficient (Wildman–Crippen LogP) is 7.21. The first-order chi connectivity index (χ1) is 15.8. The van der Waals surface area contributed by atoms with Crippen LogP contribution in [0.3, 0.4) is 0 Å². The van der Waals surface area contributed by atoms with Crippen molar-refractivity contribution in [2.45, 2.75) is 112 Å². The maximum atomic E-state index is 12.9. The highest BCUT2D eigenvalue weighted by Crippen LogP contribution is 2.77. The molecule has 0 aromatic carbocycles. The number of hydrogen-bond acceptors (Lipinski definition) is 2. The molecule has 5 fully saturated rings. The lowest BCUT2D eigenvalue weighted by Gasteiger charge is -2.72. The lowest BCUT2D eigenvalue weighted by atomic mass is 9.32. The molecule has 5 rings (SSSR count). The topological polar surface area (TPSA) is 37.3 Å². The van der Waals surface area contributed by atoms with E-state index in [9.17, 15) is 9.90 Å². The van der Waals surface area contributed by atoms with Gasteiger partial charge in [-0.1, -0.05) is 52.7 Å². The van der Waals surface area contributed by atoms with Crippen LogP contribution in [-0.2, 0) is 4.79 Å². The third kappa shape index (κ3) is 2.77. The molecular formula is C32H48O2. The van der Waals surface area contributed by atoms with E-state index in [1.54, 1.807) is 0 Å². The number of terminal acetylenes is 1. The summed E-state index contributed by atoms with van der Waals surface area (Å²) in [5.74, 6) is 5.95. The molecule has 5 aliphatic rings. The standard InChI is InChI=1S/C32H48O2/c1-9-25(33)32-17-12-21(20(2)3)27(32)22-10-11-24-29(6)15-14-26(34)28(4,5)23(29)13-16-31(24,8)30(22,7)18-19-32/h1,21-25,27,33H,2,10-19H2,3-8H3/t21-,22+,23-,24+,25-,27+,29-,30+,31+,32+/m0/s1. The van der Waals surface area contributed by atoms with Crippen molar-refractivity contribution >= 4 is 5.78 Å². The summed E-state index contributed by atoms with van der Waals surface area (Å²) < 4.78 is 0. The SMILES string of the molecule is C#C[C@H](O)[C@]12CC[C@@H](C(=C)C)[C@@H]1[C@H]1CC[C@@H]3[C@@]4(C)CCC(=O)C(C)(C)[C@@H]4CC[C@@]3(C)[C@]1(C)CC2. The Morgan fingerprint density at radius 1 is 0.971 bits per heavy atom. The van der Waals surface area contributed by atoms with E-state index in [0.717, 1.165) is 32.1 Å². The maximum Gasteiger partial charge on any atom is 0.138 e. The quantitative estimate of drug-likeness (QED) is 0.346. The molecule has 0 heterocycles. The Labute approximate surface area is 208 Å². The molecule has 0 bridgehead atoms. The molecule has 188 valence electrons. The fourth-order valence-electron chi connectivity index (χ4n) is 11.6. The molecule has 0 saturated heterocycles. The van der Waals surface area contributed by atoms with Crippen molar-refractivity contribution in [3.8, 4) is 12.3 Å². The average Bonchev–Trinajstić information content (AvgIpc) is 3.18. The Hall–Kier alpha value is -1.07. The minimum Gasteiger partial charge on any atom is -0.380 e. The van der Waals surface area contributed by atoms with Crippen molar-refractivity contribution in [2.24, 2.45) is 56.7 Å². The molecule has 5 aliphatic carbocycles. The van der Waals surface area contributed by atoms with Gasteiger partial charge in [0.2, 0.25) is 0 Å². The first-order valence-electron chi connectivity index (χ1n) is 14.1. The Bertz CT molecular complexity index is 939. The Kier molecular flexibility index (Phi) is 5.41. The predicted molar refractivity (Wildman–Crippen MR) is 139 cm³/mol. The summed E-state index contributed by atoms with van der Waals surface area (Å²) >= 11 is 0. The first kappa shape index (κ1) is 24.6. The summed E-state index contributed by atoms with van der Waals surface area (Å²) in [5, 5.41) is 11.2. The highest BCUT2D eigenvalue weighted by Gasteiger charge is 2.71. The minimum absolute atomic E-state index is 0.133. The zero-order valence-electron chi connectivity index (χ0n) is 22.7. The second kappa shape index (κ2) is 7.47. The molecule has 0 unspecified atom stereocenters. The summed E-state index contributed by atoms with van der Waals surface area (Å²) in [5.41, 5.74) is 1.72. The normalized spacial score (nSPS) is 52.4. The number of fused-ring (bicyclic) bond motifs is 7. The first-order valence-corrected chi connectivity index (χ1v) is 14.1. The van der Waals surface area contributed by atoms with Gasteiger partial charge in [0.15, 0.2) is 0 Å². The van der Waals surface area contributed by atoms with E-state index in [2.05, 4.69) is 54.0 Å². The fraction of sp³-hybridized carbons (Fsp3) is 0.844. The van der Waals surface area contributed by atoms with Crippen molar-refractivity contribution < 1.29 is 9.90 Å². The van der Waals surface area contributed by atoms with Crippen LogP contribution >= 0.6 is 0 Å². The van der Waals surface area contributed by atoms with Crippen molar-refractivity contribution in [3.05, 3.63) is 12.2 Å². The van der Waals surface area contributed by atoms with E-state index < -0.39 is 6.10 Å². The second-order valence-corrected chi connectivity index (χ2v) is 14.6. The molecular weight excluding hydrogens is 416 g/mol. The number of ketones is 1. The van der Waals surface area contributed by atoms with Gasteiger partial charge in [-0.25, -0.2) is 0 Å². The lowest BCUT2D eigenvalue weighted by molar-refractivity contribution is -0.238. The van der Waals surface area contributed by atoms with Crippen molar-refractivity contribution in [1.29, 1.82) is 0 Å². The molecule has 2 heteroatoms. The third-order valence-corrected chi connectivity index (χ3v) is 13.6. The third-order valence-electron chi connectivity index (χ3n) is 13.6. The molecule has 0 radical (unpaired) electrons. The van der Waals surface area contributed by atoms with E-state index in [1.807, 2.05) is 0 Å². The van der Waals surface area contributed by atoms with Crippen LogP contribution in [0.2, 0.25) is 0 Å². The molecule has 10 atom stereocenters. The van der Waals surface area contributed by atoms with Gasteiger partial charge in [0.1, 0.15) is 11.9 Å². The monoisotopic (exact) mass is 464 g/mol. The van der Waals surface area contributed by atoms with Gasteiger partial charge in [-0.15, -0.1) is 6.42 Å². The number of hydrogen-bond donors (Lipinski definition) is 1. The Morgan fingerprint density at radius 2 is 1.68 bits per heavy atom. The molecule has 34 heavy (non-hydrogen) atoms. The smallest absolute Gasteiger partial charge is 0.138 e. The number of rotatable bonds is 2. The molecule has 0 aromatic heterocycles. The largest absolute Gasteiger partial charge is 0.380 e. The Balaban J connectivity index is 1.57. The van der Waals surface area contributed by atoms with Crippen LogP contribution in [0.1, 0.15) is 106 Å². The summed E-state index contributed by atoms with van der Waals surface area (Å²) in [4.78, 5) is 12.9. The maximum absolute atomic E-state index is 12.9. The number of allylic oxidation sites excluding steroid dienone is 1. The van der Waals surface area contributed by atoms with Crippen LogP contribution in [0.4, 0.5) is 0 Å². The van der Waals surface area contributed by atoms with E-state index in [1.165, 1.54) is 37.7 Å². The summed E-state index contributed by atoms with van der Waals surface area (Å²) in [6.07, 6.45) is 16.4. The van der Waals surface area contributed by atoms with Gasteiger partial charge in [-0.3, -0.25) is 4.79 Å². The van der Waals surface area contributed by atoms with Gasteiger partial charge >= 0.3 is 0 Å². The number of aliphatic hydroxyl groups excluding tert-OH is 1. The molecule has 2 nitrogen and oxygen atoms in total. The Morgan fingerprint density at radius 3 is 2.32 bits per heavy atom. The summed E-state index contributed by atoms with van der Waals surface area (Å²) in [6.45, 7) is 18.9. The van der Waals surface area contributed by atoms with Gasteiger partial charge in [-0.2, -0.15) is 0 Å². The highest BCUT2D eigenvalue weighted by molar-refractivity contribution is 5.85. The fourth-order valence-corrected chi connectivity index (χ4v) is 11.6. The van der Waals surface area contributed by atoms with Crippen molar-refractivity contribution in [3.63, 3.8) is 0 Å². The van der Waals surface area contributed by atoms with Gasteiger partial charge in [0.25, 0.3) is 0 Å². The molecule has 0 aromatic rings.